The first-order valence-electron chi connectivity index (χ1n) is 6.96. The first-order chi connectivity index (χ1) is 9.70. The van der Waals surface area contributed by atoms with Gasteiger partial charge in [0, 0.05) is 16.4 Å². The van der Waals surface area contributed by atoms with Crippen LogP contribution in [0.1, 0.15) is 31.6 Å². The zero-order valence-electron chi connectivity index (χ0n) is 11.5. The Labute approximate surface area is 131 Å². The third kappa shape index (κ3) is 3.48. The van der Waals surface area contributed by atoms with Crippen LogP contribution in [-0.2, 0) is 6.54 Å². The molecule has 2 heterocycles. The van der Waals surface area contributed by atoms with Crippen LogP contribution in [0.25, 0.3) is 10.7 Å². The minimum atomic E-state index is 0.685. The standard InChI is InChI=1S/C14H18BrN3OS/c1-18(7-10-4-2-3-5-10)8-13-16-14(17-19-13)12-6-11(15)9-20-12/h6,9-10H,2-5,7-8H2,1H3. The second-order valence-electron chi connectivity index (χ2n) is 5.49. The summed E-state index contributed by atoms with van der Waals surface area (Å²) in [4.78, 5) is 7.80. The van der Waals surface area contributed by atoms with Crippen molar-refractivity contribution in [2.75, 3.05) is 13.6 Å². The topological polar surface area (TPSA) is 42.2 Å². The molecule has 0 aromatic carbocycles. The van der Waals surface area contributed by atoms with Gasteiger partial charge in [0.25, 0.3) is 0 Å². The van der Waals surface area contributed by atoms with Crippen LogP contribution in [-0.4, -0.2) is 28.6 Å². The highest BCUT2D eigenvalue weighted by atomic mass is 79.9. The molecule has 2 aromatic rings. The zero-order chi connectivity index (χ0) is 13.9. The molecule has 0 unspecified atom stereocenters. The van der Waals surface area contributed by atoms with Crippen LogP contribution < -0.4 is 0 Å². The van der Waals surface area contributed by atoms with Crippen LogP contribution in [0.2, 0.25) is 0 Å². The first-order valence-corrected chi connectivity index (χ1v) is 8.63. The van der Waals surface area contributed by atoms with Crippen molar-refractivity contribution in [2.45, 2.75) is 32.2 Å². The van der Waals surface area contributed by atoms with Crippen LogP contribution in [0.3, 0.4) is 0 Å². The molecule has 1 saturated carbocycles. The Morgan fingerprint density at radius 1 is 1.45 bits per heavy atom. The predicted octanol–water partition coefficient (Wildman–Crippen LogP) is 4.18. The van der Waals surface area contributed by atoms with E-state index in [2.05, 4.69) is 38.0 Å². The Balaban J connectivity index is 1.59. The number of rotatable bonds is 5. The Morgan fingerprint density at radius 3 is 2.95 bits per heavy atom. The maximum absolute atomic E-state index is 5.35. The van der Waals surface area contributed by atoms with E-state index in [-0.39, 0.29) is 0 Å². The average Bonchev–Trinajstić information content (AvgIpc) is 3.10. The molecule has 0 saturated heterocycles. The zero-order valence-corrected chi connectivity index (χ0v) is 13.9. The molecule has 0 spiro atoms. The first kappa shape index (κ1) is 14.2. The van der Waals surface area contributed by atoms with Gasteiger partial charge in [-0.25, -0.2) is 0 Å². The summed E-state index contributed by atoms with van der Waals surface area (Å²) in [6, 6.07) is 2.02. The lowest BCUT2D eigenvalue weighted by Crippen LogP contribution is -2.24. The third-order valence-corrected chi connectivity index (χ3v) is 5.39. The van der Waals surface area contributed by atoms with Gasteiger partial charge in [0.05, 0.1) is 11.4 Å². The predicted molar refractivity (Wildman–Crippen MR) is 83.6 cm³/mol. The highest BCUT2D eigenvalue weighted by Gasteiger charge is 2.18. The van der Waals surface area contributed by atoms with Crippen LogP contribution >= 0.6 is 27.3 Å². The van der Waals surface area contributed by atoms with Gasteiger partial charge in [-0.2, -0.15) is 4.98 Å². The number of nitrogens with zero attached hydrogens (tertiary/aromatic N) is 3. The molecule has 1 aliphatic carbocycles. The molecule has 20 heavy (non-hydrogen) atoms. The summed E-state index contributed by atoms with van der Waals surface area (Å²) < 4.78 is 6.41. The van der Waals surface area contributed by atoms with Crippen molar-refractivity contribution in [1.82, 2.24) is 15.0 Å². The SMILES string of the molecule is CN(Cc1nc(-c2cc(Br)cs2)no1)CC1CCCC1. The van der Waals surface area contributed by atoms with Gasteiger partial charge in [0.15, 0.2) is 0 Å². The van der Waals surface area contributed by atoms with E-state index in [1.807, 2.05) is 11.4 Å². The fourth-order valence-electron chi connectivity index (χ4n) is 2.78. The van der Waals surface area contributed by atoms with Crippen LogP contribution in [0, 0.1) is 5.92 Å². The Morgan fingerprint density at radius 2 is 2.25 bits per heavy atom. The smallest absolute Gasteiger partial charge is 0.241 e. The summed E-state index contributed by atoms with van der Waals surface area (Å²) in [5.41, 5.74) is 0. The minimum absolute atomic E-state index is 0.685. The molecular formula is C14H18BrN3OS. The number of thiophene rings is 1. The van der Waals surface area contributed by atoms with Crippen molar-refractivity contribution in [3.8, 4) is 10.7 Å². The van der Waals surface area contributed by atoms with E-state index in [0.29, 0.717) is 11.7 Å². The van der Waals surface area contributed by atoms with Crippen molar-refractivity contribution in [1.29, 1.82) is 0 Å². The summed E-state index contributed by atoms with van der Waals surface area (Å²) in [6.45, 7) is 1.86. The quantitative estimate of drug-likeness (QED) is 0.806. The van der Waals surface area contributed by atoms with Gasteiger partial charge < -0.3 is 4.52 Å². The number of hydrogen-bond acceptors (Lipinski definition) is 5. The molecule has 0 radical (unpaired) electrons. The monoisotopic (exact) mass is 355 g/mol. The molecule has 3 rings (SSSR count). The third-order valence-electron chi connectivity index (χ3n) is 3.71. The van der Waals surface area contributed by atoms with E-state index in [0.717, 1.165) is 28.4 Å². The van der Waals surface area contributed by atoms with E-state index in [9.17, 15) is 0 Å². The summed E-state index contributed by atoms with van der Waals surface area (Å²) in [7, 11) is 2.13. The Bertz CT molecular complexity index is 562. The lowest BCUT2D eigenvalue weighted by Gasteiger charge is -2.18. The van der Waals surface area contributed by atoms with E-state index >= 15 is 0 Å². The Hall–Kier alpha value is -0.720. The van der Waals surface area contributed by atoms with Gasteiger partial charge in [-0.3, -0.25) is 4.90 Å². The second kappa shape index (κ2) is 6.37. The molecule has 108 valence electrons. The van der Waals surface area contributed by atoms with Gasteiger partial charge in [-0.15, -0.1) is 11.3 Å². The van der Waals surface area contributed by atoms with Gasteiger partial charge in [0.2, 0.25) is 11.7 Å². The normalized spacial score (nSPS) is 16.4. The van der Waals surface area contributed by atoms with Gasteiger partial charge in [-0.05, 0) is 47.8 Å². The summed E-state index contributed by atoms with van der Waals surface area (Å²) >= 11 is 5.06. The molecule has 4 nitrogen and oxygen atoms in total. The minimum Gasteiger partial charge on any atom is -0.338 e. The highest BCUT2D eigenvalue weighted by Crippen LogP contribution is 2.28. The van der Waals surface area contributed by atoms with Crippen molar-refractivity contribution in [3.63, 3.8) is 0 Å². The molecule has 1 aliphatic rings. The largest absolute Gasteiger partial charge is 0.338 e. The van der Waals surface area contributed by atoms with Gasteiger partial charge in [-0.1, -0.05) is 18.0 Å². The molecule has 1 fully saturated rings. The van der Waals surface area contributed by atoms with Crippen molar-refractivity contribution >= 4 is 27.3 Å². The molecule has 0 N–H and O–H groups in total. The molecule has 0 aliphatic heterocycles. The molecule has 0 atom stereocenters. The molecule has 0 bridgehead atoms. The highest BCUT2D eigenvalue weighted by molar-refractivity contribution is 9.10. The maximum Gasteiger partial charge on any atom is 0.241 e. The average molecular weight is 356 g/mol. The molecule has 2 aromatic heterocycles. The summed E-state index contributed by atoms with van der Waals surface area (Å²) in [5, 5.41) is 6.09. The second-order valence-corrected chi connectivity index (χ2v) is 7.32. The molecule has 6 heteroatoms. The van der Waals surface area contributed by atoms with Crippen LogP contribution in [0.5, 0.6) is 0 Å². The van der Waals surface area contributed by atoms with Crippen LogP contribution in [0.15, 0.2) is 20.4 Å². The van der Waals surface area contributed by atoms with E-state index < -0.39 is 0 Å². The fourth-order valence-corrected chi connectivity index (χ4v) is 4.13. The van der Waals surface area contributed by atoms with Crippen molar-refractivity contribution in [2.24, 2.45) is 5.92 Å². The van der Waals surface area contributed by atoms with E-state index in [4.69, 9.17) is 4.52 Å². The Kier molecular flexibility index (Phi) is 4.53. The van der Waals surface area contributed by atoms with E-state index in [1.165, 1.54) is 25.7 Å². The van der Waals surface area contributed by atoms with Gasteiger partial charge in [0.1, 0.15) is 0 Å². The fraction of sp³-hybridized carbons (Fsp3) is 0.571. The van der Waals surface area contributed by atoms with E-state index in [1.54, 1.807) is 11.3 Å². The molecule has 0 amide bonds. The van der Waals surface area contributed by atoms with Crippen LogP contribution in [0.4, 0.5) is 0 Å². The number of halogens is 1. The van der Waals surface area contributed by atoms with Crippen molar-refractivity contribution < 1.29 is 4.52 Å². The lowest BCUT2D eigenvalue weighted by atomic mass is 10.1. The number of hydrogen-bond donors (Lipinski definition) is 0. The molecular weight excluding hydrogens is 338 g/mol. The maximum atomic E-state index is 5.35. The van der Waals surface area contributed by atoms with Crippen molar-refractivity contribution in [3.05, 3.63) is 21.8 Å². The summed E-state index contributed by atoms with van der Waals surface area (Å²) in [5.74, 6) is 2.23. The number of aromatic nitrogens is 2. The van der Waals surface area contributed by atoms with Gasteiger partial charge >= 0.3 is 0 Å². The summed E-state index contributed by atoms with van der Waals surface area (Å²) in [6.07, 6.45) is 5.50. The lowest BCUT2D eigenvalue weighted by molar-refractivity contribution is 0.234.